The maximum Gasteiger partial charge on any atom is 0.312 e. The van der Waals surface area contributed by atoms with Gasteiger partial charge in [0.15, 0.2) is 0 Å². The molecule has 0 aliphatic heterocycles. The molecule has 2 aromatic carbocycles. The molecule has 0 fully saturated rings. The van der Waals surface area contributed by atoms with Crippen LogP contribution in [0.3, 0.4) is 0 Å². The molecule has 0 aliphatic carbocycles. The zero-order valence-corrected chi connectivity index (χ0v) is 14.3. The van der Waals surface area contributed by atoms with Crippen LogP contribution in [0.15, 0.2) is 45.3 Å². The minimum atomic E-state index is -0.462. The van der Waals surface area contributed by atoms with Gasteiger partial charge in [-0.15, -0.1) is 0 Å². The molecule has 0 bridgehead atoms. The van der Waals surface area contributed by atoms with E-state index < -0.39 is 4.92 Å². The summed E-state index contributed by atoms with van der Waals surface area (Å²) in [5, 5.41) is 14.2. The predicted molar refractivity (Wildman–Crippen MR) is 87.8 cm³/mol. The molecule has 110 valence electrons. The fourth-order valence-corrected chi connectivity index (χ4v) is 2.57. The summed E-state index contributed by atoms with van der Waals surface area (Å²) >= 11 is 6.62. The minimum Gasteiger partial charge on any atom is -0.450 e. The summed E-state index contributed by atoms with van der Waals surface area (Å²) in [6, 6.07) is 10.2. The number of nitrogens with zero attached hydrogens (tertiary/aromatic N) is 1. The number of halogens is 2. The summed E-state index contributed by atoms with van der Waals surface area (Å²) in [5.41, 5.74) is 0.826. The fourth-order valence-electron chi connectivity index (χ4n) is 1.81. The molecule has 2 rings (SSSR count). The van der Waals surface area contributed by atoms with Crippen molar-refractivity contribution in [3.05, 3.63) is 61.0 Å². The SMILES string of the molecule is CNCc1cc(Br)ccc1Oc1ccc(Br)cc1[N+](=O)[O-]. The largest absolute Gasteiger partial charge is 0.450 e. The molecular weight excluding hydrogens is 404 g/mol. The van der Waals surface area contributed by atoms with Gasteiger partial charge in [-0.25, -0.2) is 0 Å². The number of ether oxygens (including phenoxy) is 1. The van der Waals surface area contributed by atoms with E-state index >= 15 is 0 Å². The van der Waals surface area contributed by atoms with Gasteiger partial charge in [0.05, 0.1) is 4.92 Å². The van der Waals surface area contributed by atoms with Gasteiger partial charge in [-0.2, -0.15) is 0 Å². The zero-order chi connectivity index (χ0) is 15.4. The van der Waals surface area contributed by atoms with Crippen molar-refractivity contribution in [1.82, 2.24) is 5.32 Å². The van der Waals surface area contributed by atoms with E-state index in [1.165, 1.54) is 6.07 Å². The summed E-state index contributed by atoms with van der Waals surface area (Å²) in [7, 11) is 1.83. The van der Waals surface area contributed by atoms with Crippen LogP contribution in [0.5, 0.6) is 11.5 Å². The normalized spacial score (nSPS) is 10.4. The maximum absolute atomic E-state index is 11.1. The summed E-state index contributed by atoms with van der Waals surface area (Å²) in [4.78, 5) is 10.7. The minimum absolute atomic E-state index is 0.0808. The van der Waals surface area contributed by atoms with Crippen LogP contribution in [0.1, 0.15) is 5.56 Å². The Morgan fingerprint density at radius 2 is 1.76 bits per heavy atom. The van der Waals surface area contributed by atoms with Gasteiger partial charge in [0.1, 0.15) is 5.75 Å². The number of nitro benzene ring substituents is 1. The van der Waals surface area contributed by atoms with E-state index in [1.807, 2.05) is 19.2 Å². The Bertz CT molecular complexity index is 677. The molecule has 0 heterocycles. The Kier molecular flexibility index (Phi) is 5.33. The van der Waals surface area contributed by atoms with Gasteiger partial charge in [0, 0.05) is 27.1 Å². The molecule has 5 nitrogen and oxygen atoms in total. The van der Waals surface area contributed by atoms with Gasteiger partial charge in [0.2, 0.25) is 5.75 Å². The van der Waals surface area contributed by atoms with Crippen molar-refractivity contribution in [2.45, 2.75) is 6.54 Å². The average Bonchev–Trinajstić information content (AvgIpc) is 2.43. The van der Waals surface area contributed by atoms with Crippen molar-refractivity contribution in [1.29, 1.82) is 0 Å². The van der Waals surface area contributed by atoms with Gasteiger partial charge < -0.3 is 10.1 Å². The first-order valence-corrected chi connectivity index (χ1v) is 7.64. The van der Waals surface area contributed by atoms with Gasteiger partial charge >= 0.3 is 5.69 Å². The topological polar surface area (TPSA) is 64.4 Å². The van der Waals surface area contributed by atoms with Crippen LogP contribution in [0.2, 0.25) is 0 Å². The van der Waals surface area contributed by atoms with Gasteiger partial charge in [0.25, 0.3) is 0 Å². The highest BCUT2D eigenvalue weighted by molar-refractivity contribution is 9.10. The Labute approximate surface area is 138 Å². The third kappa shape index (κ3) is 4.03. The molecule has 0 spiro atoms. The predicted octanol–water partition coefficient (Wildman–Crippen LogP) is 4.63. The molecule has 0 aliphatic rings. The number of benzene rings is 2. The lowest BCUT2D eigenvalue weighted by Crippen LogP contribution is -2.06. The van der Waals surface area contributed by atoms with E-state index in [2.05, 4.69) is 37.2 Å². The third-order valence-corrected chi connectivity index (χ3v) is 3.71. The smallest absolute Gasteiger partial charge is 0.312 e. The first-order valence-electron chi connectivity index (χ1n) is 6.06. The van der Waals surface area contributed by atoms with Crippen LogP contribution in [0.4, 0.5) is 5.69 Å². The summed E-state index contributed by atoms with van der Waals surface area (Å²) < 4.78 is 7.30. The van der Waals surface area contributed by atoms with Gasteiger partial charge in [-0.3, -0.25) is 10.1 Å². The lowest BCUT2D eigenvalue weighted by atomic mass is 10.2. The van der Waals surface area contributed by atoms with Crippen molar-refractivity contribution >= 4 is 37.5 Å². The second-order valence-corrected chi connectivity index (χ2v) is 6.08. The molecule has 7 heteroatoms. The number of nitrogens with one attached hydrogen (secondary N) is 1. The van der Waals surface area contributed by atoms with E-state index in [4.69, 9.17) is 4.74 Å². The molecule has 0 atom stereocenters. The number of nitro groups is 1. The fraction of sp³-hybridized carbons (Fsp3) is 0.143. The molecule has 21 heavy (non-hydrogen) atoms. The van der Waals surface area contributed by atoms with Crippen molar-refractivity contribution in [3.8, 4) is 11.5 Å². The maximum atomic E-state index is 11.1. The van der Waals surface area contributed by atoms with Crippen molar-refractivity contribution < 1.29 is 9.66 Å². The molecule has 2 aromatic rings. The molecule has 0 aromatic heterocycles. The van der Waals surface area contributed by atoms with Gasteiger partial charge in [-0.05, 0) is 37.4 Å². The third-order valence-electron chi connectivity index (χ3n) is 2.73. The van der Waals surface area contributed by atoms with Crippen LogP contribution in [-0.4, -0.2) is 12.0 Å². The van der Waals surface area contributed by atoms with E-state index in [0.29, 0.717) is 16.8 Å². The molecule has 0 amide bonds. The van der Waals surface area contributed by atoms with E-state index in [0.717, 1.165) is 10.0 Å². The highest BCUT2D eigenvalue weighted by Crippen LogP contribution is 2.35. The van der Waals surface area contributed by atoms with Crippen molar-refractivity contribution in [2.24, 2.45) is 0 Å². The molecule has 0 saturated heterocycles. The number of hydrogen-bond acceptors (Lipinski definition) is 4. The average molecular weight is 416 g/mol. The van der Waals surface area contributed by atoms with Crippen LogP contribution < -0.4 is 10.1 Å². The summed E-state index contributed by atoms with van der Waals surface area (Å²) in [6.45, 7) is 0.596. The zero-order valence-electron chi connectivity index (χ0n) is 11.1. The quantitative estimate of drug-likeness (QED) is 0.571. The summed E-state index contributed by atoms with van der Waals surface area (Å²) in [6.07, 6.45) is 0. The first-order chi connectivity index (χ1) is 10.0. The van der Waals surface area contributed by atoms with Crippen LogP contribution >= 0.6 is 31.9 Å². The van der Waals surface area contributed by atoms with Crippen molar-refractivity contribution in [2.75, 3.05) is 7.05 Å². The number of hydrogen-bond donors (Lipinski definition) is 1. The van der Waals surface area contributed by atoms with Crippen molar-refractivity contribution in [3.63, 3.8) is 0 Å². The van der Waals surface area contributed by atoms with E-state index in [9.17, 15) is 10.1 Å². The lowest BCUT2D eigenvalue weighted by molar-refractivity contribution is -0.385. The number of rotatable bonds is 5. The molecule has 0 saturated carbocycles. The highest BCUT2D eigenvalue weighted by atomic mass is 79.9. The molecule has 1 N–H and O–H groups in total. The highest BCUT2D eigenvalue weighted by Gasteiger charge is 2.17. The van der Waals surface area contributed by atoms with Crippen LogP contribution in [0.25, 0.3) is 0 Å². The van der Waals surface area contributed by atoms with E-state index in [1.54, 1.807) is 18.2 Å². The Hall–Kier alpha value is -1.44. The Morgan fingerprint density at radius 1 is 1.14 bits per heavy atom. The molecule has 0 unspecified atom stereocenters. The van der Waals surface area contributed by atoms with Crippen LogP contribution in [-0.2, 0) is 6.54 Å². The molecule has 0 radical (unpaired) electrons. The second kappa shape index (κ2) is 7.02. The van der Waals surface area contributed by atoms with E-state index in [-0.39, 0.29) is 11.4 Å². The standard InChI is InChI=1S/C14H12Br2N2O3/c1-17-8-9-6-10(15)2-4-13(9)21-14-5-3-11(16)7-12(14)18(19)20/h2-7,17H,8H2,1H3. The van der Waals surface area contributed by atoms with Crippen LogP contribution in [0, 0.1) is 10.1 Å². The van der Waals surface area contributed by atoms with Gasteiger partial charge in [-0.1, -0.05) is 31.9 Å². The summed E-state index contributed by atoms with van der Waals surface area (Å²) in [5.74, 6) is 0.792. The monoisotopic (exact) mass is 414 g/mol. The first kappa shape index (κ1) is 15.9. The Balaban J connectivity index is 2.40. The lowest BCUT2D eigenvalue weighted by Gasteiger charge is -2.12. The molecular formula is C14H12Br2N2O3. The Morgan fingerprint density at radius 3 is 2.38 bits per heavy atom. The second-order valence-electron chi connectivity index (χ2n) is 4.25.